The third kappa shape index (κ3) is 3.58. The molecule has 0 unspecified atom stereocenters. The van der Waals surface area contributed by atoms with E-state index < -0.39 is 0 Å². The highest BCUT2D eigenvalue weighted by molar-refractivity contribution is 7.13. The van der Waals surface area contributed by atoms with Crippen LogP contribution in [0.25, 0.3) is 10.6 Å². The van der Waals surface area contributed by atoms with Crippen molar-refractivity contribution in [3.8, 4) is 10.6 Å². The first-order valence-electron chi connectivity index (χ1n) is 9.32. The number of rotatable bonds is 4. The number of carbonyl (C=O) groups is 2. The summed E-state index contributed by atoms with van der Waals surface area (Å²) in [5.41, 5.74) is 3.08. The maximum Gasteiger partial charge on any atom is 0.309 e. The Morgan fingerprint density at radius 2 is 1.88 bits per heavy atom. The summed E-state index contributed by atoms with van der Waals surface area (Å²) in [6.45, 7) is 2.27. The molecule has 0 radical (unpaired) electrons. The van der Waals surface area contributed by atoms with E-state index in [-0.39, 0.29) is 30.3 Å². The normalized spacial score (nSPS) is 25.1. The van der Waals surface area contributed by atoms with Crippen LogP contribution in [0.4, 0.5) is 0 Å². The van der Waals surface area contributed by atoms with E-state index in [9.17, 15) is 9.59 Å². The Bertz CT molecular complexity index is 795. The Hall–Kier alpha value is -2.01. The predicted molar refractivity (Wildman–Crippen MR) is 101 cm³/mol. The SMILES string of the molecule is Cc1ccc(-c2nc(COC(=O)C3C[C@H]4CCC[C@H](C3)C4=O)cs2)cc1. The van der Waals surface area contributed by atoms with E-state index in [0.717, 1.165) is 35.5 Å². The lowest BCUT2D eigenvalue weighted by atomic mass is 9.67. The van der Waals surface area contributed by atoms with Gasteiger partial charge < -0.3 is 4.74 Å². The zero-order chi connectivity index (χ0) is 18.1. The second kappa shape index (κ2) is 7.31. The largest absolute Gasteiger partial charge is 0.459 e. The smallest absolute Gasteiger partial charge is 0.309 e. The van der Waals surface area contributed by atoms with Gasteiger partial charge in [-0.2, -0.15) is 0 Å². The van der Waals surface area contributed by atoms with Gasteiger partial charge >= 0.3 is 5.97 Å². The lowest BCUT2D eigenvalue weighted by Gasteiger charge is -2.36. The fourth-order valence-corrected chi connectivity index (χ4v) is 4.95. The molecule has 1 aromatic heterocycles. The maximum absolute atomic E-state index is 12.5. The van der Waals surface area contributed by atoms with E-state index >= 15 is 0 Å². The summed E-state index contributed by atoms with van der Waals surface area (Å²) in [7, 11) is 0. The van der Waals surface area contributed by atoms with Crippen LogP contribution in [0.5, 0.6) is 0 Å². The van der Waals surface area contributed by atoms with Crippen LogP contribution >= 0.6 is 11.3 Å². The molecule has 2 aromatic rings. The Labute approximate surface area is 157 Å². The van der Waals surface area contributed by atoms with Crippen LogP contribution in [0.1, 0.15) is 43.4 Å². The third-order valence-electron chi connectivity index (χ3n) is 5.59. The zero-order valence-electron chi connectivity index (χ0n) is 14.9. The molecule has 26 heavy (non-hydrogen) atoms. The highest BCUT2D eigenvalue weighted by atomic mass is 32.1. The first-order valence-corrected chi connectivity index (χ1v) is 10.2. The lowest BCUT2D eigenvalue weighted by Crippen LogP contribution is -2.39. The number of hydrogen-bond donors (Lipinski definition) is 0. The molecule has 4 nitrogen and oxygen atoms in total. The van der Waals surface area contributed by atoms with Crippen LogP contribution in [-0.2, 0) is 20.9 Å². The number of hydrogen-bond acceptors (Lipinski definition) is 5. The van der Waals surface area contributed by atoms with Gasteiger partial charge in [0.05, 0.1) is 11.6 Å². The van der Waals surface area contributed by atoms with Gasteiger partial charge in [0.15, 0.2) is 0 Å². The van der Waals surface area contributed by atoms with Gasteiger partial charge in [0, 0.05) is 22.8 Å². The van der Waals surface area contributed by atoms with Crippen LogP contribution in [0, 0.1) is 24.7 Å². The van der Waals surface area contributed by atoms with Crippen LogP contribution in [-0.4, -0.2) is 16.7 Å². The lowest BCUT2D eigenvalue weighted by molar-refractivity contribution is -0.154. The van der Waals surface area contributed by atoms with Crippen molar-refractivity contribution in [3.05, 3.63) is 40.9 Å². The van der Waals surface area contributed by atoms with Gasteiger partial charge in [-0.15, -0.1) is 11.3 Å². The van der Waals surface area contributed by atoms with Crippen molar-refractivity contribution < 1.29 is 14.3 Å². The van der Waals surface area contributed by atoms with Crippen molar-refractivity contribution in [1.29, 1.82) is 0 Å². The molecule has 0 N–H and O–H groups in total. The topological polar surface area (TPSA) is 56.3 Å². The summed E-state index contributed by atoms with van der Waals surface area (Å²) >= 11 is 1.56. The van der Waals surface area contributed by atoms with E-state index in [0.29, 0.717) is 18.6 Å². The molecule has 2 aliphatic rings. The molecule has 2 saturated carbocycles. The molecule has 0 spiro atoms. The minimum Gasteiger partial charge on any atom is -0.459 e. The number of esters is 1. The summed E-state index contributed by atoms with van der Waals surface area (Å²) < 4.78 is 5.53. The van der Waals surface area contributed by atoms with Crippen LogP contribution in [0.15, 0.2) is 29.6 Å². The molecule has 0 aliphatic heterocycles. The Morgan fingerprint density at radius 3 is 2.58 bits per heavy atom. The van der Waals surface area contributed by atoms with Gasteiger partial charge in [-0.3, -0.25) is 9.59 Å². The summed E-state index contributed by atoms with van der Waals surface area (Å²) in [6.07, 6.45) is 4.32. The van der Waals surface area contributed by atoms with Crippen molar-refractivity contribution in [1.82, 2.24) is 4.98 Å². The summed E-state index contributed by atoms with van der Waals surface area (Å²) in [5, 5.41) is 2.88. The van der Waals surface area contributed by atoms with Crippen LogP contribution < -0.4 is 0 Å². The van der Waals surface area contributed by atoms with E-state index in [4.69, 9.17) is 4.74 Å². The highest BCUT2D eigenvalue weighted by Crippen LogP contribution is 2.40. The van der Waals surface area contributed by atoms with E-state index in [1.807, 2.05) is 5.38 Å². The summed E-state index contributed by atoms with van der Waals surface area (Å²) in [4.78, 5) is 29.2. The minimum atomic E-state index is -0.167. The standard InChI is InChI=1S/C21H23NO3S/c1-13-5-7-14(8-6-13)20-22-18(12-26-20)11-25-21(24)17-9-15-3-2-4-16(10-17)19(15)23/h5-8,12,15-17H,2-4,9-11H2,1H3/t15-,16-/m1/s1. The van der Waals surface area contributed by atoms with Gasteiger partial charge in [0.2, 0.25) is 0 Å². The fourth-order valence-electron chi connectivity index (χ4n) is 4.14. The molecule has 2 bridgehead atoms. The van der Waals surface area contributed by atoms with Crippen molar-refractivity contribution in [2.24, 2.45) is 17.8 Å². The molecule has 0 saturated heterocycles. The Morgan fingerprint density at radius 1 is 1.19 bits per heavy atom. The molecule has 5 heteroatoms. The second-order valence-corrected chi connectivity index (χ2v) is 8.37. The molecule has 0 amide bonds. The van der Waals surface area contributed by atoms with Crippen molar-refractivity contribution in [3.63, 3.8) is 0 Å². The number of aromatic nitrogens is 1. The average molecular weight is 369 g/mol. The van der Waals surface area contributed by atoms with Crippen molar-refractivity contribution in [2.45, 2.75) is 45.6 Å². The number of ether oxygens (including phenoxy) is 1. The highest BCUT2D eigenvalue weighted by Gasteiger charge is 2.41. The second-order valence-electron chi connectivity index (χ2n) is 7.51. The Balaban J connectivity index is 1.35. The number of carbonyl (C=O) groups excluding carboxylic acids is 2. The van der Waals surface area contributed by atoms with E-state index in [1.54, 1.807) is 11.3 Å². The molecule has 1 aromatic carbocycles. The van der Waals surface area contributed by atoms with Crippen LogP contribution in [0.2, 0.25) is 0 Å². The van der Waals surface area contributed by atoms with Gasteiger partial charge in [0.1, 0.15) is 17.4 Å². The summed E-state index contributed by atoms with van der Waals surface area (Å²) in [6, 6.07) is 8.25. The molecular weight excluding hydrogens is 346 g/mol. The van der Waals surface area contributed by atoms with E-state index in [1.165, 1.54) is 5.56 Å². The monoisotopic (exact) mass is 369 g/mol. The number of ketones is 1. The number of Topliss-reactive ketones (excluding diaryl/α,β-unsaturated/α-hetero) is 1. The number of fused-ring (bicyclic) bond motifs is 2. The molecule has 2 aliphatic carbocycles. The first kappa shape index (κ1) is 17.4. The minimum absolute atomic E-state index is 0.0764. The number of benzene rings is 1. The number of aryl methyl sites for hydroxylation is 1. The fraction of sp³-hybridized carbons (Fsp3) is 0.476. The van der Waals surface area contributed by atoms with Gasteiger partial charge in [-0.05, 0) is 32.6 Å². The number of nitrogens with zero attached hydrogens (tertiary/aromatic N) is 1. The zero-order valence-corrected chi connectivity index (χ0v) is 15.8. The third-order valence-corrected chi connectivity index (χ3v) is 6.53. The van der Waals surface area contributed by atoms with E-state index in [2.05, 4.69) is 36.2 Å². The molecule has 1 heterocycles. The molecule has 2 atom stereocenters. The molecule has 2 fully saturated rings. The maximum atomic E-state index is 12.5. The predicted octanol–water partition coefficient (Wildman–Crippen LogP) is 4.56. The molecule has 4 rings (SSSR count). The quantitative estimate of drug-likeness (QED) is 0.742. The average Bonchev–Trinajstić information content (AvgIpc) is 3.09. The van der Waals surface area contributed by atoms with Gasteiger partial charge in [-0.1, -0.05) is 36.2 Å². The van der Waals surface area contributed by atoms with Gasteiger partial charge in [-0.25, -0.2) is 4.98 Å². The number of thiazole rings is 1. The first-order chi connectivity index (χ1) is 12.6. The van der Waals surface area contributed by atoms with Gasteiger partial charge in [0.25, 0.3) is 0 Å². The molecule has 136 valence electrons. The Kier molecular flexibility index (Phi) is 4.90. The van der Waals surface area contributed by atoms with Crippen molar-refractivity contribution >= 4 is 23.1 Å². The molecular formula is C21H23NO3S. The van der Waals surface area contributed by atoms with Crippen LogP contribution in [0.3, 0.4) is 0 Å². The summed E-state index contributed by atoms with van der Waals surface area (Å²) in [5.74, 6) is 0.236. The van der Waals surface area contributed by atoms with Crippen molar-refractivity contribution in [2.75, 3.05) is 0 Å².